The van der Waals surface area contributed by atoms with Crippen molar-refractivity contribution in [2.24, 2.45) is 0 Å². The average Bonchev–Trinajstić information content (AvgIpc) is 3.21. The van der Waals surface area contributed by atoms with Crippen LogP contribution in [0.2, 0.25) is 0 Å². The van der Waals surface area contributed by atoms with Gasteiger partial charge in [-0.05, 0) is 48.2 Å². The second-order valence-corrected chi connectivity index (χ2v) is 9.74. The van der Waals surface area contributed by atoms with Crippen molar-refractivity contribution >= 4 is 31.4 Å². The van der Waals surface area contributed by atoms with Crippen molar-refractivity contribution in [2.45, 2.75) is 24.7 Å². The lowest BCUT2D eigenvalue weighted by atomic mass is 10.3. The fourth-order valence-electron chi connectivity index (χ4n) is 1.99. The molecule has 0 saturated carbocycles. The fraction of sp³-hybridized carbons (Fsp3) is 0.263. The van der Waals surface area contributed by atoms with Crippen LogP contribution in [0.3, 0.4) is 0 Å². The quantitative estimate of drug-likeness (QED) is 0.567. The molecule has 0 aliphatic carbocycles. The Balaban J connectivity index is 0.000000386. The summed E-state index contributed by atoms with van der Waals surface area (Å²) in [6.45, 7) is 1.98. The molecule has 6 heteroatoms. The first-order chi connectivity index (χ1) is 12.1. The van der Waals surface area contributed by atoms with Crippen molar-refractivity contribution in [3.05, 3.63) is 66.1 Å². The Morgan fingerprint density at radius 3 is 2.20 bits per heavy atom. The summed E-state index contributed by atoms with van der Waals surface area (Å²) >= 11 is 0. The zero-order valence-corrected chi connectivity index (χ0v) is 16.6. The standard InChI is InChI=1S/C16H18O3S.C3H4S2/c1-2-3-13-20(17,18)16-11-9-15(10-12-16)19-14-7-5-4-6-8-14;1-2-4-5-3-1/h4-12H,2-3,13H2,1H3;1-2H,3H2. The first-order valence-corrected chi connectivity index (χ1v) is 12.1. The van der Waals surface area contributed by atoms with Crippen molar-refractivity contribution in [2.75, 3.05) is 11.5 Å². The summed E-state index contributed by atoms with van der Waals surface area (Å²) < 4.78 is 29.7. The normalized spacial score (nSPS) is 13.2. The molecule has 0 aromatic heterocycles. The fourth-order valence-corrected chi connectivity index (χ4v) is 5.01. The summed E-state index contributed by atoms with van der Waals surface area (Å²) in [7, 11) is 0.522. The molecule has 0 amide bonds. The number of hydrogen-bond donors (Lipinski definition) is 0. The van der Waals surface area contributed by atoms with E-state index in [-0.39, 0.29) is 5.75 Å². The maximum absolute atomic E-state index is 12.0. The molecule has 0 radical (unpaired) electrons. The molecule has 3 rings (SSSR count). The summed E-state index contributed by atoms with van der Waals surface area (Å²) in [6.07, 6.45) is 3.72. The summed E-state index contributed by atoms with van der Waals surface area (Å²) in [5.74, 6) is 2.76. The van der Waals surface area contributed by atoms with Gasteiger partial charge in [0.2, 0.25) is 0 Å². The number of hydrogen-bond acceptors (Lipinski definition) is 5. The third kappa shape index (κ3) is 7.18. The van der Waals surface area contributed by atoms with E-state index in [2.05, 4.69) is 11.5 Å². The van der Waals surface area contributed by atoms with E-state index < -0.39 is 9.84 Å². The molecule has 0 N–H and O–H groups in total. The van der Waals surface area contributed by atoms with E-state index in [0.717, 1.165) is 12.2 Å². The second kappa shape index (κ2) is 10.6. The highest BCUT2D eigenvalue weighted by Gasteiger charge is 2.13. The number of para-hydroxylation sites is 1. The Kier molecular flexibility index (Phi) is 8.44. The molecule has 1 aliphatic rings. The molecule has 0 bridgehead atoms. The van der Waals surface area contributed by atoms with Gasteiger partial charge in [-0.2, -0.15) is 0 Å². The van der Waals surface area contributed by atoms with E-state index in [1.54, 1.807) is 24.3 Å². The highest BCUT2D eigenvalue weighted by molar-refractivity contribution is 8.78. The Morgan fingerprint density at radius 1 is 1.00 bits per heavy atom. The van der Waals surface area contributed by atoms with Gasteiger partial charge in [0.15, 0.2) is 9.84 Å². The van der Waals surface area contributed by atoms with Gasteiger partial charge in [-0.15, -0.1) is 0 Å². The van der Waals surface area contributed by atoms with Gasteiger partial charge in [0, 0.05) is 5.75 Å². The molecule has 0 atom stereocenters. The van der Waals surface area contributed by atoms with Gasteiger partial charge in [-0.3, -0.25) is 0 Å². The molecule has 0 spiro atoms. The van der Waals surface area contributed by atoms with Crippen molar-refractivity contribution in [3.8, 4) is 11.5 Å². The van der Waals surface area contributed by atoms with E-state index in [0.29, 0.717) is 17.1 Å². The van der Waals surface area contributed by atoms with Crippen LogP contribution in [-0.4, -0.2) is 19.9 Å². The number of sulfone groups is 1. The van der Waals surface area contributed by atoms with Gasteiger partial charge in [-0.25, -0.2) is 8.42 Å². The van der Waals surface area contributed by atoms with Gasteiger partial charge in [0.25, 0.3) is 0 Å². The van der Waals surface area contributed by atoms with Crippen LogP contribution in [0.15, 0.2) is 71.0 Å². The minimum Gasteiger partial charge on any atom is -0.457 e. The molecule has 3 nitrogen and oxygen atoms in total. The lowest BCUT2D eigenvalue weighted by Gasteiger charge is -2.07. The molecule has 0 saturated heterocycles. The van der Waals surface area contributed by atoms with Crippen LogP contribution >= 0.6 is 21.6 Å². The molecule has 1 heterocycles. The van der Waals surface area contributed by atoms with E-state index in [4.69, 9.17) is 4.74 Å². The molecule has 2 aromatic rings. The zero-order chi connectivity index (χ0) is 18.0. The molecule has 134 valence electrons. The topological polar surface area (TPSA) is 43.4 Å². The monoisotopic (exact) mass is 394 g/mol. The number of benzene rings is 2. The Hall–Kier alpha value is -1.37. The predicted molar refractivity (Wildman–Crippen MR) is 109 cm³/mol. The van der Waals surface area contributed by atoms with Crippen LogP contribution in [0.4, 0.5) is 0 Å². The second-order valence-electron chi connectivity index (χ2n) is 5.31. The molecular formula is C19H22O3S3. The molecular weight excluding hydrogens is 372 g/mol. The molecule has 1 aliphatic heterocycles. The van der Waals surface area contributed by atoms with Crippen LogP contribution in [0.5, 0.6) is 11.5 Å². The van der Waals surface area contributed by atoms with E-state index in [1.807, 2.05) is 58.8 Å². The maximum Gasteiger partial charge on any atom is 0.178 e. The number of unbranched alkanes of at least 4 members (excludes halogenated alkanes) is 1. The summed E-state index contributed by atoms with van der Waals surface area (Å²) in [5.41, 5.74) is 0. The van der Waals surface area contributed by atoms with Crippen LogP contribution in [0, 0.1) is 0 Å². The minimum absolute atomic E-state index is 0.197. The molecule has 0 fully saturated rings. The summed E-state index contributed by atoms with van der Waals surface area (Å²) in [6, 6.07) is 16.0. The Bertz CT molecular complexity index is 748. The third-order valence-electron chi connectivity index (χ3n) is 3.31. The number of rotatable bonds is 6. The van der Waals surface area contributed by atoms with Crippen molar-refractivity contribution in [1.29, 1.82) is 0 Å². The van der Waals surface area contributed by atoms with Crippen molar-refractivity contribution < 1.29 is 13.2 Å². The first-order valence-electron chi connectivity index (χ1n) is 8.11. The van der Waals surface area contributed by atoms with Gasteiger partial charge < -0.3 is 4.74 Å². The smallest absolute Gasteiger partial charge is 0.178 e. The largest absolute Gasteiger partial charge is 0.457 e. The predicted octanol–water partition coefficient (Wildman–Crippen LogP) is 5.95. The average molecular weight is 395 g/mol. The number of ether oxygens (including phenoxy) is 1. The minimum atomic E-state index is -3.17. The molecule has 25 heavy (non-hydrogen) atoms. The maximum atomic E-state index is 12.0. The van der Waals surface area contributed by atoms with Gasteiger partial charge in [-0.1, -0.05) is 59.2 Å². The Labute approximate surface area is 158 Å². The van der Waals surface area contributed by atoms with Crippen LogP contribution in [0.1, 0.15) is 19.8 Å². The zero-order valence-electron chi connectivity index (χ0n) is 14.1. The van der Waals surface area contributed by atoms with Crippen LogP contribution in [-0.2, 0) is 9.84 Å². The summed E-state index contributed by atoms with van der Waals surface area (Å²) in [5, 5.41) is 2.12. The van der Waals surface area contributed by atoms with Gasteiger partial charge >= 0.3 is 0 Å². The van der Waals surface area contributed by atoms with Crippen molar-refractivity contribution in [1.82, 2.24) is 0 Å². The van der Waals surface area contributed by atoms with Crippen LogP contribution < -0.4 is 4.74 Å². The third-order valence-corrected chi connectivity index (χ3v) is 7.05. The van der Waals surface area contributed by atoms with Crippen LogP contribution in [0.25, 0.3) is 0 Å². The van der Waals surface area contributed by atoms with E-state index in [1.165, 1.54) is 5.75 Å². The SMILES string of the molecule is C1=CSSC1.CCCCS(=O)(=O)c1ccc(Oc2ccccc2)cc1. The first kappa shape index (κ1) is 19.9. The molecule has 2 aromatic carbocycles. The van der Waals surface area contributed by atoms with Gasteiger partial charge in [0.1, 0.15) is 11.5 Å². The highest BCUT2D eigenvalue weighted by Crippen LogP contribution is 2.27. The molecule has 0 unspecified atom stereocenters. The van der Waals surface area contributed by atoms with Crippen molar-refractivity contribution in [3.63, 3.8) is 0 Å². The van der Waals surface area contributed by atoms with E-state index in [9.17, 15) is 8.42 Å². The van der Waals surface area contributed by atoms with Gasteiger partial charge in [0.05, 0.1) is 10.6 Å². The highest BCUT2D eigenvalue weighted by atomic mass is 33.1. The van der Waals surface area contributed by atoms with E-state index >= 15 is 0 Å². The lowest BCUT2D eigenvalue weighted by Crippen LogP contribution is -2.06. The lowest BCUT2D eigenvalue weighted by molar-refractivity contribution is 0.482. The Morgan fingerprint density at radius 2 is 1.68 bits per heavy atom. The summed E-state index contributed by atoms with van der Waals surface area (Å²) in [4.78, 5) is 0.353.